The molecule has 0 saturated carbocycles. The highest BCUT2D eigenvalue weighted by Gasteiger charge is 2.08. The van der Waals surface area contributed by atoms with Gasteiger partial charge in [-0.05, 0) is 35.9 Å². The molecule has 0 amide bonds. The number of methoxy groups -OCH3 is 1. The van der Waals surface area contributed by atoms with Gasteiger partial charge in [0.2, 0.25) is 0 Å². The fraction of sp³-hybridized carbons (Fsp3) is 0.100. The highest BCUT2D eigenvalue weighted by atomic mass is 19.1. The third-order valence-corrected chi connectivity index (χ3v) is 3.97. The first kappa shape index (κ1) is 16.1. The van der Waals surface area contributed by atoms with Crippen molar-refractivity contribution >= 4 is 11.0 Å². The van der Waals surface area contributed by atoms with E-state index in [1.807, 2.05) is 35.0 Å². The molecule has 26 heavy (non-hydrogen) atoms. The first-order chi connectivity index (χ1) is 12.7. The molecule has 2 aromatic carbocycles. The summed E-state index contributed by atoms with van der Waals surface area (Å²) in [7, 11) is 1.64. The van der Waals surface area contributed by atoms with Gasteiger partial charge in [-0.15, -0.1) is 0 Å². The Bertz CT molecular complexity index is 1040. The number of rotatable bonds is 5. The van der Waals surface area contributed by atoms with Gasteiger partial charge in [-0.1, -0.05) is 18.2 Å². The van der Waals surface area contributed by atoms with Gasteiger partial charge in [-0.3, -0.25) is 0 Å². The van der Waals surface area contributed by atoms with Gasteiger partial charge in [0.15, 0.2) is 5.65 Å². The third kappa shape index (κ3) is 3.35. The van der Waals surface area contributed by atoms with Crippen LogP contribution in [-0.2, 0) is 6.54 Å². The fourth-order valence-corrected chi connectivity index (χ4v) is 2.69. The molecule has 4 aromatic rings. The predicted molar refractivity (Wildman–Crippen MR) is 96.1 cm³/mol. The number of hydrogen-bond acceptors (Lipinski definition) is 4. The molecule has 0 aliphatic heterocycles. The number of aromatic nitrogens is 3. The molecular formula is C20H16FN3O2. The van der Waals surface area contributed by atoms with Crippen molar-refractivity contribution in [2.24, 2.45) is 0 Å². The molecule has 0 bridgehead atoms. The summed E-state index contributed by atoms with van der Waals surface area (Å²) in [6, 6.07) is 15.7. The molecule has 0 fully saturated rings. The highest BCUT2D eigenvalue weighted by molar-refractivity contribution is 5.76. The van der Waals surface area contributed by atoms with Crippen LogP contribution in [-0.4, -0.2) is 21.9 Å². The number of halogens is 1. The van der Waals surface area contributed by atoms with Crippen molar-refractivity contribution in [3.05, 3.63) is 78.4 Å². The standard InChI is InChI=1S/C20H16FN3O2/c1-25-17-7-5-14(6-8-17)13-24-20-15(11-23-24)9-19(12-22-20)26-18-4-2-3-16(21)10-18/h2-12H,13H2,1H3. The lowest BCUT2D eigenvalue weighted by atomic mass is 10.2. The zero-order valence-corrected chi connectivity index (χ0v) is 14.1. The molecule has 6 heteroatoms. The molecule has 2 aromatic heterocycles. The van der Waals surface area contributed by atoms with Crippen LogP contribution in [0, 0.1) is 5.82 Å². The third-order valence-electron chi connectivity index (χ3n) is 3.97. The fourth-order valence-electron chi connectivity index (χ4n) is 2.69. The number of ether oxygens (including phenoxy) is 2. The molecule has 5 nitrogen and oxygen atoms in total. The Kier molecular flexibility index (Phi) is 4.23. The van der Waals surface area contributed by atoms with E-state index in [1.54, 1.807) is 31.6 Å². The zero-order valence-electron chi connectivity index (χ0n) is 14.1. The van der Waals surface area contributed by atoms with Crippen molar-refractivity contribution in [2.45, 2.75) is 6.54 Å². The normalized spacial score (nSPS) is 10.8. The lowest BCUT2D eigenvalue weighted by molar-refractivity contribution is 0.414. The van der Waals surface area contributed by atoms with Crippen molar-refractivity contribution in [1.29, 1.82) is 0 Å². The molecule has 0 atom stereocenters. The number of fused-ring (bicyclic) bond motifs is 1. The van der Waals surface area contributed by atoms with Gasteiger partial charge in [0.1, 0.15) is 23.1 Å². The second-order valence-electron chi connectivity index (χ2n) is 5.79. The lowest BCUT2D eigenvalue weighted by Gasteiger charge is -2.07. The van der Waals surface area contributed by atoms with E-state index in [-0.39, 0.29) is 5.82 Å². The topological polar surface area (TPSA) is 49.2 Å². The maximum atomic E-state index is 13.3. The SMILES string of the molecule is COc1ccc(Cn2ncc3cc(Oc4cccc(F)c4)cnc32)cc1. The van der Waals surface area contributed by atoms with E-state index in [4.69, 9.17) is 9.47 Å². The maximum Gasteiger partial charge on any atom is 0.158 e. The summed E-state index contributed by atoms with van der Waals surface area (Å²) in [6.07, 6.45) is 3.35. The van der Waals surface area contributed by atoms with E-state index < -0.39 is 0 Å². The van der Waals surface area contributed by atoms with Crippen LogP contribution in [0.25, 0.3) is 11.0 Å². The van der Waals surface area contributed by atoms with E-state index in [9.17, 15) is 4.39 Å². The molecule has 0 aliphatic carbocycles. The van der Waals surface area contributed by atoms with Crippen LogP contribution in [0.4, 0.5) is 4.39 Å². The number of hydrogen-bond donors (Lipinski definition) is 0. The van der Waals surface area contributed by atoms with E-state index in [2.05, 4.69) is 10.1 Å². The van der Waals surface area contributed by atoms with Crippen LogP contribution in [0.1, 0.15) is 5.56 Å². The van der Waals surface area contributed by atoms with E-state index in [0.717, 1.165) is 22.3 Å². The smallest absolute Gasteiger partial charge is 0.158 e. The number of benzene rings is 2. The van der Waals surface area contributed by atoms with Crippen LogP contribution in [0.5, 0.6) is 17.2 Å². The summed E-state index contributed by atoms with van der Waals surface area (Å²) in [4.78, 5) is 4.45. The Labute approximate surface area is 149 Å². The predicted octanol–water partition coefficient (Wildman–Crippen LogP) is 4.42. The largest absolute Gasteiger partial charge is 0.497 e. The first-order valence-electron chi connectivity index (χ1n) is 8.09. The summed E-state index contributed by atoms with van der Waals surface area (Å²) >= 11 is 0. The summed E-state index contributed by atoms with van der Waals surface area (Å²) in [6.45, 7) is 0.602. The van der Waals surface area contributed by atoms with E-state index in [0.29, 0.717) is 18.0 Å². The van der Waals surface area contributed by atoms with E-state index >= 15 is 0 Å². The molecule has 0 unspecified atom stereocenters. The molecule has 130 valence electrons. The molecular weight excluding hydrogens is 333 g/mol. The Balaban J connectivity index is 1.56. The van der Waals surface area contributed by atoms with Crippen molar-refractivity contribution in [1.82, 2.24) is 14.8 Å². The average Bonchev–Trinajstić information content (AvgIpc) is 3.04. The minimum atomic E-state index is -0.344. The molecule has 0 N–H and O–H groups in total. The Morgan fingerprint density at radius 1 is 0.962 bits per heavy atom. The number of nitrogens with zero attached hydrogens (tertiary/aromatic N) is 3. The van der Waals surface area contributed by atoms with Crippen molar-refractivity contribution in [3.63, 3.8) is 0 Å². The molecule has 0 aliphatic rings. The van der Waals surface area contributed by atoms with Crippen LogP contribution in [0.3, 0.4) is 0 Å². The lowest BCUT2D eigenvalue weighted by Crippen LogP contribution is -2.02. The monoisotopic (exact) mass is 349 g/mol. The summed E-state index contributed by atoms with van der Waals surface area (Å²) in [5.74, 6) is 1.43. The van der Waals surface area contributed by atoms with E-state index in [1.165, 1.54) is 12.1 Å². The van der Waals surface area contributed by atoms with Crippen molar-refractivity contribution in [3.8, 4) is 17.2 Å². The summed E-state index contributed by atoms with van der Waals surface area (Å²) in [5, 5.41) is 5.26. The summed E-state index contributed by atoms with van der Waals surface area (Å²) in [5.41, 5.74) is 1.85. The molecule has 0 saturated heterocycles. The second kappa shape index (κ2) is 6.84. The quantitative estimate of drug-likeness (QED) is 0.535. The van der Waals surface area contributed by atoms with Gasteiger partial charge >= 0.3 is 0 Å². The van der Waals surface area contributed by atoms with Crippen LogP contribution in [0.2, 0.25) is 0 Å². The molecule has 0 spiro atoms. The average molecular weight is 349 g/mol. The molecule has 4 rings (SSSR count). The molecule has 2 heterocycles. The minimum Gasteiger partial charge on any atom is -0.497 e. The Hall–Kier alpha value is -3.41. The van der Waals surface area contributed by atoms with Gasteiger partial charge in [-0.25, -0.2) is 14.1 Å². The second-order valence-corrected chi connectivity index (χ2v) is 5.79. The summed E-state index contributed by atoms with van der Waals surface area (Å²) < 4.78 is 25.9. The van der Waals surface area contributed by atoms with Crippen LogP contribution < -0.4 is 9.47 Å². The Morgan fingerprint density at radius 2 is 1.81 bits per heavy atom. The zero-order chi connectivity index (χ0) is 17.9. The van der Waals surface area contributed by atoms with Gasteiger partial charge in [0.25, 0.3) is 0 Å². The van der Waals surface area contributed by atoms with Gasteiger partial charge < -0.3 is 9.47 Å². The maximum absolute atomic E-state index is 13.3. The highest BCUT2D eigenvalue weighted by Crippen LogP contribution is 2.25. The number of pyridine rings is 1. The minimum absolute atomic E-state index is 0.344. The van der Waals surface area contributed by atoms with Gasteiger partial charge in [-0.2, -0.15) is 5.10 Å². The Morgan fingerprint density at radius 3 is 2.58 bits per heavy atom. The van der Waals surface area contributed by atoms with Crippen LogP contribution >= 0.6 is 0 Å². The van der Waals surface area contributed by atoms with Gasteiger partial charge in [0.05, 0.1) is 26.0 Å². The van der Waals surface area contributed by atoms with Gasteiger partial charge in [0, 0.05) is 11.5 Å². The first-order valence-corrected chi connectivity index (χ1v) is 8.09. The van der Waals surface area contributed by atoms with Crippen molar-refractivity contribution < 1.29 is 13.9 Å². The van der Waals surface area contributed by atoms with Crippen LogP contribution in [0.15, 0.2) is 67.0 Å². The van der Waals surface area contributed by atoms with Crippen molar-refractivity contribution in [2.75, 3.05) is 7.11 Å². The molecule has 0 radical (unpaired) electrons.